The second kappa shape index (κ2) is 12.4. The average molecular weight is 740 g/mol. The predicted molar refractivity (Wildman–Crippen MR) is 242 cm³/mol. The van der Waals surface area contributed by atoms with Crippen molar-refractivity contribution in [2.24, 2.45) is 0 Å². The van der Waals surface area contributed by atoms with Gasteiger partial charge in [0.15, 0.2) is 0 Å². The molecule has 0 amide bonds. The molecule has 0 saturated heterocycles. The van der Waals surface area contributed by atoms with Gasteiger partial charge in [0.05, 0.1) is 5.69 Å². The van der Waals surface area contributed by atoms with Crippen LogP contribution in [0.2, 0.25) is 0 Å². The number of nitrogens with zero attached hydrogens (tertiary/aromatic N) is 1. The summed E-state index contributed by atoms with van der Waals surface area (Å²) >= 11 is 0. The van der Waals surface area contributed by atoms with Crippen molar-refractivity contribution in [3.63, 3.8) is 0 Å². The number of hydrogen-bond acceptors (Lipinski definition) is 1. The van der Waals surface area contributed by atoms with Crippen LogP contribution in [0.25, 0.3) is 44.5 Å². The van der Waals surface area contributed by atoms with E-state index in [2.05, 4.69) is 212 Å². The van der Waals surface area contributed by atoms with Gasteiger partial charge in [-0.25, -0.2) is 0 Å². The summed E-state index contributed by atoms with van der Waals surface area (Å²) in [4.78, 5) is 2.55. The smallest absolute Gasteiger partial charge is 0.0543 e. The Morgan fingerprint density at radius 1 is 0.333 bits per heavy atom. The summed E-state index contributed by atoms with van der Waals surface area (Å²) in [6.45, 7) is 19.3. The van der Waals surface area contributed by atoms with Gasteiger partial charge in [-0.1, -0.05) is 171 Å². The first kappa shape index (κ1) is 35.7. The molecule has 0 saturated carbocycles. The number of benzene rings is 7. The molecule has 57 heavy (non-hydrogen) atoms. The van der Waals surface area contributed by atoms with E-state index in [1.807, 2.05) is 0 Å². The van der Waals surface area contributed by atoms with Gasteiger partial charge in [-0.3, -0.25) is 0 Å². The van der Waals surface area contributed by atoms with E-state index in [9.17, 15) is 0 Å². The second-order valence-electron chi connectivity index (χ2n) is 19.3. The van der Waals surface area contributed by atoms with Gasteiger partial charge in [0.25, 0.3) is 0 Å². The van der Waals surface area contributed by atoms with E-state index in [1.54, 1.807) is 0 Å². The third-order valence-electron chi connectivity index (χ3n) is 14.2. The minimum absolute atomic E-state index is 0.0971. The average Bonchev–Trinajstić information content (AvgIpc) is 3.59. The minimum Gasteiger partial charge on any atom is -0.310 e. The van der Waals surface area contributed by atoms with Gasteiger partial charge < -0.3 is 4.90 Å². The summed E-state index contributed by atoms with van der Waals surface area (Å²) in [6, 6.07) is 57.7. The summed E-state index contributed by atoms with van der Waals surface area (Å²) in [5, 5.41) is 0. The van der Waals surface area contributed by atoms with Gasteiger partial charge in [0, 0.05) is 27.8 Å². The molecule has 0 radical (unpaired) electrons. The van der Waals surface area contributed by atoms with Crippen LogP contribution in [0, 0.1) is 0 Å². The summed E-state index contributed by atoms with van der Waals surface area (Å²) in [6.07, 6.45) is 2.38. The first-order valence-corrected chi connectivity index (χ1v) is 20.9. The number of fused-ring (bicyclic) bond motifs is 7. The molecule has 1 nitrogen and oxygen atoms in total. The first-order valence-electron chi connectivity index (χ1n) is 20.9. The zero-order valence-electron chi connectivity index (χ0n) is 34.8. The Balaban J connectivity index is 1.25. The molecule has 3 aliphatic carbocycles. The fourth-order valence-corrected chi connectivity index (χ4v) is 10.6. The van der Waals surface area contributed by atoms with Gasteiger partial charge in [0.1, 0.15) is 0 Å². The highest BCUT2D eigenvalue weighted by atomic mass is 15.1. The van der Waals surface area contributed by atoms with Crippen LogP contribution in [-0.4, -0.2) is 0 Å². The first-order chi connectivity index (χ1) is 27.3. The zero-order chi connectivity index (χ0) is 39.5. The maximum Gasteiger partial charge on any atom is 0.0543 e. The third kappa shape index (κ3) is 5.42. The maximum atomic E-state index is 2.55. The molecule has 10 rings (SSSR count). The Kier molecular flexibility index (Phi) is 7.79. The van der Waals surface area contributed by atoms with E-state index in [0.717, 1.165) is 5.69 Å². The van der Waals surface area contributed by atoms with Gasteiger partial charge in [-0.05, 0) is 132 Å². The van der Waals surface area contributed by atoms with E-state index >= 15 is 0 Å². The van der Waals surface area contributed by atoms with Crippen molar-refractivity contribution in [3.8, 4) is 44.5 Å². The molecule has 3 aliphatic rings. The number of anilines is 3. The van der Waals surface area contributed by atoms with E-state index in [0.29, 0.717) is 0 Å². The van der Waals surface area contributed by atoms with Gasteiger partial charge >= 0.3 is 0 Å². The molecule has 0 fully saturated rings. The quantitative estimate of drug-likeness (QED) is 0.170. The van der Waals surface area contributed by atoms with Crippen molar-refractivity contribution >= 4 is 17.1 Å². The molecule has 1 heteroatoms. The van der Waals surface area contributed by atoms with Crippen LogP contribution in [0.3, 0.4) is 0 Å². The topological polar surface area (TPSA) is 3.24 Å². The van der Waals surface area contributed by atoms with Gasteiger partial charge in [-0.2, -0.15) is 0 Å². The second-order valence-corrected chi connectivity index (χ2v) is 19.3. The van der Waals surface area contributed by atoms with Crippen LogP contribution in [-0.2, 0) is 21.7 Å². The largest absolute Gasteiger partial charge is 0.310 e. The molecular formula is C56H53N. The monoisotopic (exact) mass is 739 g/mol. The molecule has 282 valence electrons. The molecule has 0 unspecified atom stereocenters. The van der Waals surface area contributed by atoms with Crippen molar-refractivity contribution in [1.29, 1.82) is 0 Å². The lowest BCUT2D eigenvalue weighted by Gasteiger charge is -2.42. The lowest BCUT2D eigenvalue weighted by molar-refractivity contribution is 0.332. The SMILES string of the molecule is CC1(C)CCC(C)(C)c2cc(-c3cc4c(cc3N(c3ccc(-c5ccccc5)cc3)c3ccc5c(c3)C(C)(C)c3ccccc3-5)C(C)(C)c3ccccc3-4)ccc21. The Morgan fingerprint density at radius 2 is 0.842 bits per heavy atom. The summed E-state index contributed by atoms with van der Waals surface area (Å²) in [7, 11) is 0. The van der Waals surface area contributed by atoms with Crippen molar-refractivity contribution in [2.75, 3.05) is 4.90 Å². The van der Waals surface area contributed by atoms with Crippen LogP contribution >= 0.6 is 0 Å². The summed E-state index contributed by atoms with van der Waals surface area (Å²) < 4.78 is 0. The van der Waals surface area contributed by atoms with Crippen molar-refractivity contribution < 1.29 is 0 Å². The highest BCUT2D eigenvalue weighted by Gasteiger charge is 2.40. The number of hydrogen-bond donors (Lipinski definition) is 0. The van der Waals surface area contributed by atoms with E-state index in [4.69, 9.17) is 0 Å². The van der Waals surface area contributed by atoms with Crippen LogP contribution in [0.15, 0.2) is 152 Å². The summed E-state index contributed by atoms with van der Waals surface area (Å²) in [5.74, 6) is 0. The molecule has 0 aromatic heterocycles. The molecule has 0 bridgehead atoms. The highest BCUT2D eigenvalue weighted by Crippen LogP contribution is 2.56. The Morgan fingerprint density at radius 3 is 1.51 bits per heavy atom. The van der Waals surface area contributed by atoms with Crippen LogP contribution in [0.5, 0.6) is 0 Å². The molecule has 0 atom stereocenters. The van der Waals surface area contributed by atoms with Crippen molar-refractivity contribution in [2.45, 2.75) is 89.9 Å². The standard InChI is InChI=1S/C56H53N/c1-53(2)30-31-54(3,4)51-32-38(24-29-48(51)53)44-34-45-42-19-13-15-21-47(42)56(7,8)50(45)35-52(44)57(39-25-22-37(23-26-39)36-16-10-9-11-17-36)40-27-28-43-41-18-12-14-20-46(41)55(5,6)49(43)33-40/h9-29,32-35H,30-31H2,1-8H3. The normalized spacial score (nSPS) is 17.2. The van der Waals surface area contributed by atoms with E-state index in [-0.39, 0.29) is 21.7 Å². The molecule has 7 aromatic carbocycles. The van der Waals surface area contributed by atoms with Crippen LogP contribution < -0.4 is 4.90 Å². The molecule has 0 aliphatic heterocycles. The fourth-order valence-electron chi connectivity index (χ4n) is 10.6. The zero-order valence-corrected chi connectivity index (χ0v) is 34.8. The lowest BCUT2D eigenvalue weighted by atomic mass is 9.63. The number of rotatable bonds is 5. The van der Waals surface area contributed by atoms with Gasteiger partial charge in [0.2, 0.25) is 0 Å². The van der Waals surface area contributed by atoms with Gasteiger partial charge in [-0.15, -0.1) is 0 Å². The van der Waals surface area contributed by atoms with Crippen LogP contribution in [0.1, 0.15) is 102 Å². The molecule has 0 heterocycles. The van der Waals surface area contributed by atoms with E-state index < -0.39 is 0 Å². The Hall–Kier alpha value is -5.66. The molecule has 7 aromatic rings. The Labute approximate surface area is 340 Å². The highest BCUT2D eigenvalue weighted by molar-refractivity contribution is 5.96. The van der Waals surface area contributed by atoms with E-state index in [1.165, 1.54) is 102 Å². The summed E-state index contributed by atoms with van der Waals surface area (Å²) in [5.41, 5.74) is 22.4. The maximum absolute atomic E-state index is 2.55. The molecule has 0 N–H and O–H groups in total. The van der Waals surface area contributed by atoms with Crippen molar-refractivity contribution in [1.82, 2.24) is 0 Å². The van der Waals surface area contributed by atoms with Crippen LogP contribution in [0.4, 0.5) is 17.1 Å². The van der Waals surface area contributed by atoms with Crippen molar-refractivity contribution in [3.05, 3.63) is 185 Å². The fraction of sp³-hybridized carbons (Fsp3) is 0.250. The predicted octanol–water partition coefficient (Wildman–Crippen LogP) is 15.5. The minimum atomic E-state index is -0.147. The third-order valence-corrected chi connectivity index (χ3v) is 14.2. The lowest BCUT2D eigenvalue weighted by Crippen LogP contribution is -2.33. The molecule has 0 spiro atoms. The Bertz CT molecular complexity index is 2720. The molecular weight excluding hydrogens is 687 g/mol.